The zero-order valence-electron chi connectivity index (χ0n) is 31.4. The molecule has 0 N–H and O–H groups in total. The van der Waals surface area contributed by atoms with Gasteiger partial charge in [0, 0.05) is 50.1 Å². The second kappa shape index (κ2) is 14.5. The van der Waals surface area contributed by atoms with Crippen molar-refractivity contribution in [1.82, 2.24) is 19.5 Å². The average molecular weight is 732 g/mol. The van der Waals surface area contributed by atoms with Crippen molar-refractivity contribution in [2.75, 3.05) is 4.90 Å². The molecule has 0 radical (unpaired) electrons. The third kappa shape index (κ3) is 6.31. The van der Waals surface area contributed by atoms with E-state index in [2.05, 4.69) is 162 Å². The highest BCUT2D eigenvalue weighted by molar-refractivity contribution is 6.13. The highest BCUT2D eigenvalue weighted by Gasteiger charge is 2.23. The van der Waals surface area contributed by atoms with Crippen molar-refractivity contribution < 1.29 is 0 Å². The van der Waals surface area contributed by atoms with Gasteiger partial charge in [-0.15, -0.1) is 0 Å². The van der Waals surface area contributed by atoms with Gasteiger partial charge < -0.3 is 9.47 Å². The van der Waals surface area contributed by atoms with E-state index in [1.54, 1.807) is 0 Å². The van der Waals surface area contributed by atoms with Gasteiger partial charge in [-0.05, 0) is 72.6 Å². The Morgan fingerprint density at radius 2 is 0.895 bits per heavy atom. The fraction of sp³-hybridized carbons (Fsp3) is 0.0192. The first kappa shape index (κ1) is 33.9. The van der Waals surface area contributed by atoms with Gasteiger partial charge >= 0.3 is 0 Å². The van der Waals surface area contributed by atoms with Gasteiger partial charge in [0.2, 0.25) is 0 Å². The Balaban J connectivity index is 1.23. The molecule has 8 aromatic carbocycles. The molecule has 5 nitrogen and oxygen atoms in total. The van der Waals surface area contributed by atoms with Crippen molar-refractivity contribution in [2.24, 2.45) is 0 Å². The molecule has 0 spiro atoms. The maximum atomic E-state index is 5.07. The van der Waals surface area contributed by atoms with E-state index in [1.807, 2.05) is 60.7 Å². The lowest BCUT2D eigenvalue weighted by Crippen LogP contribution is -2.11. The molecule has 0 saturated carbocycles. The fourth-order valence-corrected chi connectivity index (χ4v) is 7.86. The number of aromatic nitrogens is 4. The summed E-state index contributed by atoms with van der Waals surface area (Å²) in [5.41, 5.74) is 12.9. The normalized spacial score (nSPS) is 11.2. The SMILES string of the molecule is Cc1ccccc1-c1cc2c3ccccc3n(-c3cccc(-c4nc(-c5ccccc5)nc(-c5ccccc5)n4)c3)c2cc1N(c1ccccc1)c1ccccc1. The third-order valence-corrected chi connectivity index (χ3v) is 10.6. The van der Waals surface area contributed by atoms with Crippen LogP contribution in [0.3, 0.4) is 0 Å². The van der Waals surface area contributed by atoms with Crippen LogP contribution in [0.1, 0.15) is 5.56 Å². The minimum Gasteiger partial charge on any atom is -0.310 e. The van der Waals surface area contributed by atoms with Crippen LogP contribution in [0.5, 0.6) is 0 Å². The van der Waals surface area contributed by atoms with Crippen molar-refractivity contribution in [3.8, 4) is 51.0 Å². The molecule has 270 valence electrons. The third-order valence-electron chi connectivity index (χ3n) is 10.6. The summed E-state index contributed by atoms with van der Waals surface area (Å²) in [5, 5.41) is 2.36. The topological polar surface area (TPSA) is 46.8 Å². The molecule has 2 heterocycles. The first-order chi connectivity index (χ1) is 28.2. The van der Waals surface area contributed by atoms with Crippen LogP contribution in [0, 0.1) is 6.92 Å². The van der Waals surface area contributed by atoms with Crippen LogP contribution >= 0.6 is 0 Å². The number of hydrogen-bond donors (Lipinski definition) is 0. The number of anilines is 3. The molecule has 0 aliphatic carbocycles. The molecule has 2 aromatic heterocycles. The standard InChI is InChI=1S/C52H37N5/c1-36-19-14-15-30-43(36)45-34-46-44-31-16-17-32-47(44)57(49(46)35-48(45)56(40-25-10-4-11-26-40)41-27-12-5-13-28-41)42-29-18-24-39(33-42)52-54-50(37-20-6-2-7-21-37)53-51(55-52)38-22-8-3-9-23-38/h2-35H,1H3. The van der Waals surface area contributed by atoms with Gasteiger partial charge in [0.1, 0.15) is 0 Å². The van der Waals surface area contributed by atoms with Crippen LogP contribution in [0.25, 0.3) is 72.8 Å². The van der Waals surface area contributed by atoms with Crippen LogP contribution in [-0.2, 0) is 0 Å². The summed E-state index contributed by atoms with van der Waals surface area (Å²) in [6, 6.07) is 72.2. The second-order valence-electron chi connectivity index (χ2n) is 14.1. The molecule has 0 saturated heterocycles. The summed E-state index contributed by atoms with van der Waals surface area (Å²) in [6.07, 6.45) is 0. The molecular formula is C52H37N5. The molecule has 0 atom stereocenters. The van der Waals surface area contributed by atoms with Crippen LogP contribution in [-0.4, -0.2) is 19.5 Å². The summed E-state index contributed by atoms with van der Waals surface area (Å²) in [5.74, 6) is 1.89. The van der Waals surface area contributed by atoms with Gasteiger partial charge in [0.05, 0.1) is 16.7 Å². The number of hydrogen-bond acceptors (Lipinski definition) is 4. The minimum atomic E-state index is 0.618. The van der Waals surface area contributed by atoms with Crippen molar-refractivity contribution in [3.05, 3.63) is 212 Å². The van der Waals surface area contributed by atoms with Gasteiger partial charge in [-0.1, -0.05) is 152 Å². The summed E-state index contributed by atoms with van der Waals surface area (Å²) >= 11 is 0. The van der Waals surface area contributed by atoms with E-state index in [-0.39, 0.29) is 0 Å². The van der Waals surface area contributed by atoms with E-state index in [0.717, 1.165) is 56.0 Å². The van der Waals surface area contributed by atoms with Crippen LogP contribution in [0.15, 0.2) is 206 Å². The van der Waals surface area contributed by atoms with Gasteiger partial charge in [-0.2, -0.15) is 0 Å². The van der Waals surface area contributed by atoms with Crippen molar-refractivity contribution in [3.63, 3.8) is 0 Å². The minimum absolute atomic E-state index is 0.618. The molecule has 0 amide bonds. The predicted molar refractivity (Wildman–Crippen MR) is 235 cm³/mol. The highest BCUT2D eigenvalue weighted by Crippen LogP contribution is 2.46. The van der Waals surface area contributed by atoms with Crippen LogP contribution < -0.4 is 4.90 Å². The quantitative estimate of drug-likeness (QED) is 0.156. The average Bonchev–Trinajstić information content (AvgIpc) is 3.61. The van der Waals surface area contributed by atoms with Gasteiger partial charge in [-0.3, -0.25) is 0 Å². The summed E-state index contributed by atoms with van der Waals surface area (Å²) in [4.78, 5) is 17.4. The lowest BCUT2D eigenvalue weighted by molar-refractivity contribution is 1.07. The van der Waals surface area contributed by atoms with Crippen LogP contribution in [0.2, 0.25) is 0 Å². The number of fused-ring (bicyclic) bond motifs is 3. The first-order valence-electron chi connectivity index (χ1n) is 19.2. The molecule has 0 fully saturated rings. The summed E-state index contributed by atoms with van der Waals surface area (Å²) < 4.78 is 2.38. The molecule has 0 aliphatic heterocycles. The molecule has 57 heavy (non-hydrogen) atoms. The predicted octanol–water partition coefficient (Wildman–Crippen LogP) is 13.4. The second-order valence-corrected chi connectivity index (χ2v) is 14.1. The van der Waals surface area contributed by atoms with Crippen LogP contribution in [0.4, 0.5) is 17.1 Å². The Bertz CT molecular complexity index is 2920. The Morgan fingerprint density at radius 1 is 0.386 bits per heavy atom. The molecule has 0 bridgehead atoms. The lowest BCUT2D eigenvalue weighted by atomic mass is 9.95. The van der Waals surface area contributed by atoms with E-state index in [9.17, 15) is 0 Å². The summed E-state index contributed by atoms with van der Waals surface area (Å²) in [7, 11) is 0. The zero-order chi connectivity index (χ0) is 38.1. The van der Waals surface area contributed by atoms with Crippen molar-refractivity contribution in [1.29, 1.82) is 0 Å². The van der Waals surface area contributed by atoms with Gasteiger partial charge in [-0.25, -0.2) is 15.0 Å². The van der Waals surface area contributed by atoms with Gasteiger partial charge in [0.15, 0.2) is 17.5 Å². The molecular weight excluding hydrogens is 695 g/mol. The fourth-order valence-electron chi connectivity index (χ4n) is 7.86. The molecule has 0 unspecified atom stereocenters. The number of rotatable bonds is 8. The van der Waals surface area contributed by atoms with E-state index < -0.39 is 0 Å². The lowest BCUT2D eigenvalue weighted by Gasteiger charge is -2.28. The molecule has 0 aliphatic rings. The van der Waals surface area contributed by atoms with Crippen molar-refractivity contribution in [2.45, 2.75) is 6.92 Å². The Labute approximate surface area is 331 Å². The van der Waals surface area contributed by atoms with E-state index in [1.165, 1.54) is 21.9 Å². The highest BCUT2D eigenvalue weighted by atomic mass is 15.1. The monoisotopic (exact) mass is 731 g/mol. The maximum Gasteiger partial charge on any atom is 0.164 e. The first-order valence-corrected chi connectivity index (χ1v) is 19.2. The van der Waals surface area contributed by atoms with Gasteiger partial charge in [0.25, 0.3) is 0 Å². The number of para-hydroxylation sites is 3. The molecule has 10 aromatic rings. The van der Waals surface area contributed by atoms with Crippen molar-refractivity contribution >= 4 is 38.9 Å². The number of nitrogens with zero attached hydrogens (tertiary/aromatic N) is 5. The summed E-state index contributed by atoms with van der Waals surface area (Å²) in [6.45, 7) is 2.20. The van der Waals surface area contributed by atoms with E-state index >= 15 is 0 Å². The maximum absolute atomic E-state index is 5.07. The smallest absolute Gasteiger partial charge is 0.164 e. The number of aryl methyl sites for hydroxylation is 1. The Kier molecular flexibility index (Phi) is 8.65. The van der Waals surface area contributed by atoms with E-state index in [4.69, 9.17) is 15.0 Å². The largest absolute Gasteiger partial charge is 0.310 e. The molecule has 10 rings (SSSR count). The Morgan fingerprint density at radius 3 is 1.51 bits per heavy atom. The molecule has 5 heteroatoms. The van der Waals surface area contributed by atoms with E-state index in [0.29, 0.717) is 17.5 Å². The zero-order valence-corrected chi connectivity index (χ0v) is 31.4. The Hall–Kier alpha value is -7.63. The number of benzene rings is 8.